The van der Waals surface area contributed by atoms with Crippen LogP contribution in [-0.2, 0) is 20.9 Å². The molecule has 0 saturated heterocycles. The molecule has 2 aliphatic rings. The lowest BCUT2D eigenvalue weighted by Gasteiger charge is -2.33. The number of amides is 1. The molecule has 136 valence electrons. The van der Waals surface area contributed by atoms with Gasteiger partial charge in [0.2, 0.25) is 0 Å². The third kappa shape index (κ3) is 3.68. The number of benzene rings is 1. The molecule has 1 fully saturated rings. The van der Waals surface area contributed by atoms with E-state index >= 15 is 0 Å². The summed E-state index contributed by atoms with van der Waals surface area (Å²) in [4.78, 5) is 23.8. The van der Waals surface area contributed by atoms with Crippen LogP contribution in [-0.4, -0.2) is 29.7 Å². The number of hydrogen-bond acceptors (Lipinski definition) is 4. The fourth-order valence-corrected chi connectivity index (χ4v) is 3.68. The second-order valence-corrected chi connectivity index (χ2v) is 7.87. The first-order valence-corrected chi connectivity index (χ1v) is 8.75. The van der Waals surface area contributed by atoms with E-state index in [1.165, 1.54) is 0 Å². The van der Waals surface area contributed by atoms with Gasteiger partial charge in [-0.3, -0.25) is 9.59 Å². The number of carbonyl (C=O) groups is 2. The van der Waals surface area contributed by atoms with Gasteiger partial charge in [0.05, 0.1) is 6.54 Å². The minimum Gasteiger partial charge on any atom is -0.459 e. The molecule has 0 bridgehead atoms. The Morgan fingerprint density at radius 3 is 2.92 bits per heavy atom. The van der Waals surface area contributed by atoms with Crippen LogP contribution in [0.25, 0.3) is 0 Å². The molecule has 1 heterocycles. The molecule has 0 aromatic heterocycles. The summed E-state index contributed by atoms with van der Waals surface area (Å²) < 4.78 is 20.1. The highest BCUT2D eigenvalue weighted by molar-refractivity contribution is 6.01. The van der Waals surface area contributed by atoms with Gasteiger partial charge >= 0.3 is 5.97 Å². The molecule has 3 rings (SSSR count). The molecular weight excluding hydrogens is 323 g/mol. The average Bonchev–Trinajstić information content (AvgIpc) is 2.89. The van der Waals surface area contributed by atoms with Gasteiger partial charge in [0.25, 0.3) is 5.91 Å². The van der Waals surface area contributed by atoms with E-state index in [0.717, 1.165) is 17.5 Å². The van der Waals surface area contributed by atoms with Gasteiger partial charge in [0.15, 0.2) is 5.67 Å². The fraction of sp³-hybridized carbons (Fsp3) is 0.579. The van der Waals surface area contributed by atoms with Crippen LogP contribution in [0.1, 0.15) is 57.1 Å². The van der Waals surface area contributed by atoms with Crippen LogP contribution in [0.2, 0.25) is 0 Å². The first kappa shape index (κ1) is 17.9. The molecule has 2 N–H and O–H groups in total. The Hall–Kier alpha value is -1.95. The van der Waals surface area contributed by atoms with Crippen molar-refractivity contribution in [1.82, 2.24) is 5.32 Å². The molecule has 1 aromatic carbocycles. The Labute approximate surface area is 147 Å². The molecule has 1 aliphatic carbocycles. The van der Waals surface area contributed by atoms with E-state index in [0.29, 0.717) is 25.1 Å². The summed E-state index contributed by atoms with van der Waals surface area (Å²) >= 11 is 0. The number of halogens is 1. The van der Waals surface area contributed by atoms with E-state index in [9.17, 15) is 14.0 Å². The summed E-state index contributed by atoms with van der Waals surface area (Å²) in [6, 6.07) is 5.66. The first-order valence-electron chi connectivity index (χ1n) is 8.75. The maximum Gasteiger partial charge on any atom is 0.320 e. The summed E-state index contributed by atoms with van der Waals surface area (Å²) in [7, 11) is 0. The van der Waals surface area contributed by atoms with Gasteiger partial charge < -0.3 is 15.4 Å². The van der Waals surface area contributed by atoms with E-state index < -0.39 is 17.2 Å². The van der Waals surface area contributed by atoms with Crippen LogP contribution in [0, 0.1) is 0 Å². The molecular formula is C19H25FN2O3. The summed E-state index contributed by atoms with van der Waals surface area (Å²) in [5, 5.41) is 5.74. The number of fused-ring (bicyclic) bond motifs is 3. The SMILES string of the molecule is CC(C)(C)OC(=O)CNCc1ccc2c(c1)NC(=O)C1(F)CCCC21. The maximum atomic E-state index is 14.9. The molecule has 1 amide bonds. The zero-order valence-corrected chi connectivity index (χ0v) is 14.9. The zero-order valence-electron chi connectivity index (χ0n) is 14.9. The van der Waals surface area contributed by atoms with E-state index in [1.807, 2.05) is 39.0 Å². The van der Waals surface area contributed by atoms with Crippen LogP contribution in [0.4, 0.5) is 10.1 Å². The number of anilines is 1. The summed E-state index contributed by atoms with van der Waals surface area (Å²) in [5.41, 5.74) is 0.211. The largest absolute Gasteiger partial charge is 0.459 e. The quantitative estimate of drug-likeness (QED) is 0.821. The highest BCUT2D eigenvalue weighted by atomic mass is 19.1. The van der Waals surface area contributed by atoms with E-state index in [4.69, 9.17) is 4.74 Å². The van der Waals surface area contributed by atoms with E-state index in [1.54, 1.807) is 0 Å². The van der Waals surface area contributed by atoms with Crippen LogP contribution >= 0.6 is 0 Å². The van der Waals surface area contributed by atoms with Gasteiger partial charge in [-0.25, -0.2) is 4.39 Å². The Kier molecular flexibility index (Phi) is 4.58. The van der Waals surface area contributed by atoms with Crippen molar-refractivity contribution < 1.29 is 18.7 Å². The number of esters is 1. The van der Waals surface area contributed by atoms with Crippen LogP contribution in [0.3, 0.4) is 0 Å². The number of ether oxygens (including phenoxy) is 1. The van der Waals surface area contributed by atoms with Crippen molar-refractivity contribution in [3.05, 3.63) is 29.3 Å². The minimum atomic E-state index is -1.76. The van der Waals surface area contributed by atoms with E-state index in [2.05, 4.69) is 10.6 Å². The average molecular weight is 348 g/mol. The lowest BCUT2D eigenvalue weighted by Crippen LogP contribution is -2.44. The van der Waals surface area contributed by atoms with Crippen molar-refractivity contribution in [1.29, 1.82) is 0 Å². The van der Waals surface area contributed by atoms with Gasteiger partial charge in [-0.05, 0) is 57.2 Å². The lowest BCUT2D eigenvalue weighted by atomic mass is 9.81. The van der Waals surface area contributed by atoms with Crippen molar-refractivity contribution >= 4 is 17.6 Å². The molecule has 0 radical (unpaired) electrons. The van der Waals surface area contributed by atoms with Gasteiger partial charge in [-0.15, -0.1) is 0 Å². The molecule has 1 aromatic rings. The fourth-order valence-electron chi connectivity index (χ4n) is 3.68. The van der Waals surface area contributed by atoms with Crippen molar-refractivity contribution in [3.63, 3.8) is 0 Å². The molecule has 5 nitrogen and oxygen atoms in total. The second kappa shape index (κ2) is 6.41. The first-order chi connectivity index (χ1) is 11.7. The van der Waals surface area contributed by atoms with Crippen LogP contribution in [0.5, 0.6) is 0 Å². The van der Waals surface area contributed by atoms with Crippen molar-refractivity contribution in [2.45, 2.75) is 63.8 Å². The van der Waals surface area contributed by atoms with Crippen molar-refractivity contribution in [2.24, 2.45) is 0 Å². The highest BCUT2D eigenvalue weighted by Gasteiger charge is 2.53. The summed E-state index contributed by atoms with van der Waals surface area (Å²) in [6.45, 7) is 6.05. The molecule has 6 heteroatoms. The molecule has 2 atom stereocenters. The minimum absolute atomic E-state index is 0.108. The van der Waals surface area contributed by atoms with E-state index in [-0.39, 0.29) is 18.4 Å². The van der Waals surface area contributed by atoms with Crippen LogP contribution < -0.4 is 10.6 Å². The Morgan fingerprint density at radius 1 is 1.44 bits per heavy atom. The Morgan fingerprint density at radius 2 is 2.20 bits per heavy atom. The second-order valence-electron chi connectivity index (χ2n) is 7.87. The monoisotopic (exact) mass is 348 g/mol. The molecule has 0 spiro atoms. The molecule has 25 heavy (non-hydrogen) atoms. The van der Waals surface area contributed by atoms with Crippen LogP contribution in [0.15, 0.2) is 18.2 Å². The topological polar surface area (TPSA) is 67.4 Å². The summed E-state index contributed by atoms with van der Waals surface area (Å²) in [5.74, 6) is -1.19. The summed E-state index contributed by atoms with van der Waals surface area (Å²) in [6.07, 6.45) is 1.72. The third-order valence-electron chi connectivity index (χ3n) is 4.72. The van der Waals surface area contributed by atoms with Crippen molar-refractivity contribution in [2.75, 3.05) is 11.9 Å². The Bertz CT molecular complexity index is 698. The lowest BCUT2D eigenvalue weighted by molar-refractivity contribution is -0.153. The number of alkyl halides is 1. The smallest absolute Gasteiger partial charge is 0.320 e. The zero-order chi connectivity index (χ0) is 18.2. The predicted octanol–water partition coefficient (Wildman–Crippen LogP) is 3.05. The third-order valence-corrected chi connectivity index (χ3v) is 4.72. The normalized spacial score (nSPS) is 25.1. The standard InChI is InChI=1S/C19H25FN2O3/c1-18(2,3)25-16(23)11-21-10-12-6-7-13-14-5-4-8-19(14,20)17(24)22-15(13)9-12/h6-7,9,14,21H,4-5,8,10-11H2,1-3H3,(H,22,24). The molecule has 1 aliphatic heterocycles. The number of hydrogen-bond donors (Lipinski definition) is 2. The highest BCUT2D eigenvalue weighted by Crippen LogP contribution is 2.51. The predicted molar refractivity (Wildman–Crippen MR) is 93.1 cm³/mol. The number of nitrogens with one attached hydrogen (secondary N) is 2. The number of carbonyl (C=O) groups excluding carboxylic acids is 2. The molecule has 1 saturated carbocycles. The van der Waals surface area contributed by atoms with Gasteiger partial charge in [-0.2, -0.15) is 0 Å². The number of rotatable bonds is 4. The molecule has 2 unspecified atom stereocenters. The van der Waals surface area contributed by atoms with Gasteiger partial charge in [-0.1, -0.05) is 12.1 Å². The maximum absolute atomic E-state index is 14.9. The van der Waals surface area contributed by atoms with Crippen molar-refractivity contribution in [3.8, 4) is 0 Å². The van der Waals surface area contributed by atoms with Gasteiger partial charge in [0, 0.05) is 18.2 Å². The Balaban J connectivity index is 1.64. The van der Waals surface area contributed by atoms with Gasteiger partial charge in [0.1, 0.15) is 5.60 Å².